The molecular formula is C17H18Cl2N2O4. The molecule has 2 aromatic rings. The van der Waals surface area contributed by atoms with Crippen molar-refractivity contribution >= 4 is 40.8 Å². The summed E-state index contributed by atoms with van der Waals surface area (Å²) in [5.74, 6) is -0.790. The monoisotopic (exact) mass is 384 g/mol. The molecule has 0 saturated carbocycles. The van der Waals surface area contributed by atoms with Gasteiger partial charge < -0.3 is 14.6 Å². The van der Waals surface area contributed by atoms with Crippen LogP contribution in [0, 0.1) is 6.92 Å². The minimum atomic E-state index is -1.03. The third-order valence-corrected chi connectivity index (χ3v) is 4.01. The molecule has 0 bridgehead atoms. The van der Waals surface area contributed by atoms with E-state index in [2.05, 4.69) is 10.5 Å². The van der Waals surface area contributed by atoms with Gasteiger partial charge in [-0.05, 0) is 32.0 Å². The second kappa shape index (κ2) is 7.89. The highest BCUT2D eigenvalue weighted by Gasteiger charge is 2.27. The average Bonchev–Trinajstić information content (AvgIpc) is 2.91. The zero-order valence-corrected chi connectivity index (χ0v) is 15.7. The topological polar surface area (TPSA) is 81.4 Å². The van der Waals surface area contributed by atoms with Crippen LogP contribution in [0.4, 0.5) is 5.69 Å². The number of ether oxygens (including phenoxy) is 1. The number of halogens is 2. The summed E-state index contributed by atoms with van der Waals surface area (Å²) in [5.41, 5.74) is 1.05. The number of rotatable bonds is 5. The van der Waals surface area contributed by atoms with E-state index >= 15 is 0 Å². The van der Waals surface area contributed by atoms with Crippen LogP contribution in [0.3, 0.4) is 0 Å². The fourth-order valence-corrected chi connectivity index (χ4v) is 2.58. The second-order valence-electron chi connectivity index (χ2n) is 5.82. The Hall–Kier alpha value is -2.05. The molecule has 25 heavy (non-hydrogen) atoms. The normalized spacial score (nSPS) is 12.1. The average molecular weight is 385 g/mol. The van der Waals surface area contributed by atoms with Crippen molar-refractivity contribution in [2.24, 2.45) is 0 Å². The van der Waals surface area contributed by atoms with E-state index in [4.69, 9.17) is 32.5 Å². The standard InChI is InChI=1S/C17H18Cl2N2O4/c1-8(2)15-14(9(3)21-25-15)17(23)24-10(4)16(22)20-13-6-5-11(18)7-12(13)19/h5-8,10H,1-4H3,(H,20,22)/t10-/m1/s1. The number of aromatic nitrogens is 1. The summed E-state index contributed by atoms with van der Waals surface area (Å²) >= 11 is 11.8. The molecule has 0 saturated heterocycles. The molecule has 0 aliphatic carbocycles. The molecule has 0 radical (unpaired) electrons. The van der Waals surface area contributed by atoms with Gasteiger partial charge in [0.25, 0.3) is 5.91 Å². The van der Waals surface area contributed by atoms with Crippen molar-refractivity contribution in [3.8, 4) is 0 Å². The molecule has 1 heterocycles. The van der Waals surface area contributed by atoms with Crippen LogP contribution >= 0.6 is 23.2 Å². The number of hydrogen-bond acceptors (Lipinski definition) is 5. The quantitative estimate of drug-likeness (QED) is 0.761. The van der Waals surface area contributed by atoms with Gasteiger partial charge in [-0.1, -0.05) is 42.2 Å². The van der Waals surface area contributed by atoms with Gasteiger partial charge in [0, 0.05) is 10.9 Å². The molecule has 0 fully saturated rings. The van der Waals surface area contributed by atoms with Crippen LogP contribution in [0.25, 0.3) is 0 Å². The molecule has 1 amide bonds. The van der Waals surface area contributed by atoms with Crippen molar-refractivity contribution in [1.82, 2.24) is 5.16 Å². The zero-order valence-electron chi connectivity index (χ0n) is 14.2. The van der Waals surface area contributed by atoms with Crippen LogP contribution in [0.1, 0.15) is 48.5 Å². The molecule has 134 valence electrons. The number of aryl methyl sites for hydroxylation is 1. The lowest BCUT2D eigenvalue weighted by atomic mass is 10.1. The van der Waals surface area contributed by atoms with Crippen molar-refractivity contribution < 1.29 is 18.8 Å². The first-order chi connectivity index (χ1) is 11.7. The first kappa shape index (κ1) is 19.3. The first-order valence-corrected chi connectivity index (χ1v) is 8.39. The fraction of sp³-hybridized carbons (Fsp3) is 0.353. The maximum Gasteiger partial charge on any atom is 0.344 e. The fourth-order valence-electron chi connectivity index (χ4n) is 2.13. The summed E-state index contributed by atoms with van der Waals surface area (Å²) in [4.78, 5) is 24.6. The van der Waals surface area contributed by atoms with Gasteiger partial charge in [-0.2, -0.15) is 0 Å². The van der Waals surface area contributed by atoms with E-state index in [0.29, 0.717) is 22.2 Å². The molecule has 0 aliphatic heterocycles. The van der Waals surface area contributed by atoms with Gasteiger partial charge in [-0.25, -0.2) is 4.79 Å². The first-order valence-electron chi connectivity index (χ1n) is 7.63. The van der Waals surface area contributed by atoms with Gasteiger partial charge in [0.05, 0.1) is 16.4 Å². The summed E-state index contributed by atoms with van der Waals surface area (Å²) in [6, 6.07) is 4.66. The minimum absolute atomic E-state index is 0.0410. The van der Waals surface area contributed by atoms with E-state index in [1.165, 1.54) is 13.0 Å². The molecule has 0 unspecified atom stereocenters. The molecule has 6 nitrogen and oxygen atoms in total. The number of carbonyl (C=O) groups is 2. The lowest BCUT2D eigenvalue weighted by Gasteiger charge is -2.14. The van der Waals surface area contributed by atoms with Gasteiger partial charge in [-0.3, -0.25) is 4.79 Å². The predicted octanol–water partition coefficient (Wildman–Crippen LogP) is 4.60. The van der Waals surface area contributed by atoms with E-state index < -0.39 is 18.0 Å². The summed E-state index contributed by atoms with van der Waals surface area (Å²) in [5, 5.41) is 7.13. The molecular weight excluding hydrogens is 367 g/mol. The Morgan fingerprint density at radius 2 is 1.92 bits per heavy atom. The molecule has 1 atom stereocenters. The Morgan fingerprint density at radius 1 is 1.24 bits per heavy atom. The summed E-state index contributed by atoms with van der Waals surface area (Å²) in [7, 11) is 0. The Kier molecular flexibility index (Phi) is 6.08. The van der Waals surface area contributed by atoms with Crippen LogP contribution in [-0.2, 0) is 9.53 Å². The Balaban J connectivity index is 2.08. The lowest BCUT2D eigenvalue weighted by molar-refractivity contribution is -0.123. The number of nitrogens with zero attached hydrogens (tertiary/aromatic N) is 1. The van der Waals surface area contributed by atoms with Crippen molar-refractivity contribution in [3.05, 3.63) is 45.3 Å². The highest BCUT2D eigenvalue weighted by Crippen LogP contribution is 2.26. The zero-order chi connectivity index (χ0) is 18.7. The van der Waals surface area contributed by atoms with E-state index in [0.717, 1.165) is 0 Å². The third kappa shape index (κ3) is 4.52. The molecule has 1 aromatic carbocycles. The molecule has 2 rings (SSSR count). The number of carbonyl (C=O) groups excluding carboxylic acids is 2. The van der Waals surface area contributed by atoms with Crippen molar-refractivity contribution in [1.29, 1.82) is 0 Å². The SMILES string of the molecule is Cc1noc(C(C)C)c1C(=O)O[C@H](C)C(=O)Nc1ccc(Cl)cc1Cl. The largest absolute Gasteiger partial charge is 0.449 e. The number of nitrogens with one attached hydrogen (secondary N) is 1. The van der Waals surface area contributed by atoms with Crippen molar-refractivity contribution in [2.45, 2.75) is 39.7 Å². The van der Waals surface area contributed by atoms with Gasteiger partial charge >= 0.3 is 5.97 Å². The maximum atomic E-state index is 12.4. The van der Waals surface area contributed by atoms with Crippen LogP contribution < -0.4 is 5.32 Å². The van der Waals surface area contributed by atoms with Gasteiger partial charge in [-0.15, -0.1) is 0 Å². The molecule has 1 aromatic heterocycles. The Morgan fingerprint density at radius 3 is 2.52 bits per heavy atom. The van der Waals surface area contributed by atoms with Crippen molar-refractivity contribution in [2.75, 3.05) is 5.32 Å². The van der Waals surface area contributed by atoms with Crippen LogP contribution in [-0.4, -0.2) is 23.1 Å². The maximum absolute atomic E-state index is 12.4. The predicted molar refractivity (Wildman–Crippen MR) is 95.3 cm³/mol. The van der Waals surface area contributed by atoms with Crippen LogP contribution in [0.5, 0.6) is 0 Å². The van der Waals surface area contributed by atoms with E-state index in [-0.39, 0.29) is 16.5 Å². The molecule has 8 heteroatoms. The smallest absolute Gasteiger partial charge is 0.344 e. The molecule has 0 aliphatic rings. The van der Waals surface area contributed by atoms with E-state index in [9.17, 15) is 9.59 Å². The molecule has 0 spiro atoms. The van der Waals surface area contributed by atoms with Gasteiger partial charge in [0.15, 0.2) is 11.9 Å². The number of hydrogen-bond donors (Lipinski definition) is 1. The van der Waals surface area contributed by atoms with Crippen LogP contribution in [0.2, 0.25) is 10.0 Å². The van der Waals surface area contributed by atoms with E-state index in [1.807, 2.05) is 13.8 Å². The number of anilines is 1. The number of amides is 1. The Bertz CT molecular complexity index is 802. The summed E-state index contributed by atoms with van der Waals surface area (Å²) < 4.78 is 10.4. The number of esters is 1. The van der Waals surface area contributed by atoms with Gasteiger partial charge in [0.2, 0.25) is 0 Å². The summed E-state index contributed by atoms with van der Waals surface area (Å²) in [6.45, 7) is 6.85. The summed E-state index contributed by atoms with van der Waals surface area (Å²) in [6.07, 6.45) is -1.03. The van der Waals surface area contributed by atoms with E-state index in [1.54, 1.807) is 19.1 Å². The Labute approximate surface area is 155 Å². The minimum Gasteiger partial charge on any atom is -0.449 e. The highest BCUT2D eigenvalue weighted by molar-refractivity contribution is 6.36. The lowest BCUT2D eigenvalue weighted by Crippen LogP contribution is -2.30. The second-order valence-corrected chi connectivity index (χ2v) is 6.67. The third-order valence-electron chi connectivity index (χ3n) is 3.46. The highest BCUT2D eigenvalue weighted by atomic mass is 35.5. The number of benzene rings is 1. The van der Waals surface area contributed by atoms with Crippen LogP contribution in [0.15, 0.2) is 22.7 Å². The van der Waals surface area contributed by atoms with Gasteiger partial charge in [0.1, 0.15) is 5.56 Å². The molecule has 1 N–H and O–H groups in total. The van der Waals surface area contributed by atoms with Crippen molar-refractivity contribution in [3.63, 3.8) is 0 Å².